The maximum Gasteiger partial charge on any atom is 0.122 e. The highest BCUT2D eigenvalue weighted by Crippen LogP contribution is 2.55. The Hall–Kier alpha value is -2.46. The van der Waals surface area contributed by atoms with Crippen molar-refractivity contribution >= 4 is 38.2 Å². The van der Waals surface area contributed by atoms with E-state index in [2.05, 4.69) is 66.2 Å². The maximum atomic E-state index is 7.68. The standard InChI is InChI=1S/C26H26BrN3/c1-14(2)25-23-10-17(4-3-15(23)7-8-30-25)20-13-21(20)19-9-16-5-6-18(26(28)29)11-22(16)24(27)12-19/h3-6,9-12,14,20-21H,7-8,13H2,1-2H3,(H3,28,29). The number of nitrogens with zero attached hydrogens (tertiary/aromatic N) is 1. The highest BCUT2D eigenvalue weighted by atomic mass is 79.9. The van der Waals surface area contributed by atoms with Crippen molar-refractivity contribution in [3.8, 4) is 0 Å². The number of nitrogen functional groups attached to an aromatic ring is 1. The average Bonchev–Trinajstić information content (AvgIpc) is 3.53. The van der Waals surface area contributed by atoms with Gasteiger partial charge in [-0.05, 0) is 81.8 Å². The van der Waals surface area contributed by atoms with E-state index in [1.54, 1.807) is 0 Å². The van der Waals surface area contributed by atoms with Crippen LogP contribution >= 0.6 is 15.9 Å². The number of nitrogens with one attached hydrogen (secondary N) is 1. The number of amidine groups is 1. The minimum absolute atomic E-state index is 0.104. The van der Waals surface area contributed by atoms with E-state index in [0.29, 0.717) is 17.8 Å². The largest absolute Gasteiger partial charge is 0.384 e. The molecule has 1 saturated carbocycles. The normalized spacial score (nSPS) is 20.2. The third-order valence-electron chi connectivity index (χ3n) is 6.50. The molecular weight excluding hydrogens is 434 g/mol. The fourth-order valence-corrected chi connectivity index (χ4v) is 5.41. The van der Waals surface area contributed by atoms with E-state index in [1.807, 2.05) is 12.1 Å². The first-order chi connectivity index (χ1) is 14.4. The summed E-state index contributed by atoms with van der Waals surface area (Å²) in [4.78, 5) is 4.82. The number of halogens is 1. The molecule has 3 aromatic rings. The van der Waals surface area contributed by atoms with Gasteiger partial charge in [0.05, 0.1) is 0 Å². The van der Waals surface area contributed by atoms with Gasteiger partial charge in [-0.2, -0.15) is 0 Å². The van der Waals surface area contributed by atoms with Crippen molar-refractivity contribution in [3.63, 3.8) is 0 Å². The lowest BCUT2D eigenvalue weighted by atomic mass is 9.89. The highest BCUT2D eigenvalue weighted by molar-refractivity contribution is 9.10. The van der Waals surface area contributed by atoms with Crippen LogP contribution in [-0.4, -0.2) is 18.1 Å². The van der Waals surface area contributed by atoms with Gasteiger partial charge in [-0.15, -0.1) is 0 Å². The van der Waals surface area contributed by atoms with E-state index in [0.717, 1.165) is 28.4 Å². The van der Waals surface area contributed by atoms with Crippen molar-refractivity contribution in [2.75, 3.05) is 6.54 Å². The summed E-state index contributed by atoms with van der Waals surface area (Å²) in [6.07, 6.45) is 2.25. The molecule has 0 amide bonds. The molecule has 1 heterocycles. The fraction of sp³-hybridized carbons (Fsp3) is 0.308. The molecule has 4 heteroatoms. The number of benzene rings is 3. The molecule has 30 heavy (non-hydrogen) atoms. The van der Waals surface area contributed by atoms with Crippen LogP contribution in [0.15, 0.2) is 58.0 Å². The summed E-state index contributed by atoms with van der Waals surface area (Å²) in [6, 6.07) is 17.6. The van der Waals surface area contributed by atoms with Crippen LogP contribution in [0.25, 0.3) is 10.8 Å². The first kappa shape index (κ1) is 19.5. The SMILES string of the molecule is CC(C)C1=NCCc2ccc(C3CC3c3cc(Br)c4cc(C(=N)N)ccc4c3)cc21. The fourth-order valence-electron chi connectivity index (χ4n) is 4.80. The Balaban J connectivity index is 1.46. The summed E-state index contributed by atoms with van der Waals surface area (Å²) in [5, 5.41) is 9.98. The zero-order valence-electron chi connectivity index (χ0n) is 17.4. The first-order valence-electron chi connectivity index (χ1n) is 10.7. The van der Waals surface area contributed by atoms with Gasteiger partial charge in [0, 0.05) is 22.3 Å². The van der Waals surface area contributed by atoms with Crippen LogP contribution in [-0.2, 0) is 6.42 Å². The van der Waals surface area contributed by atoms with Gasteiger partial charge in [0.2, 0.25) is 0 Å². The van der Waals surface area contributed by atoms with Crippen molar-refractivity contribution in [3.05, 3.63) is 80.8 Å². The summed E-state index contributed by atoms with van der Waals surface area (Å²) in [6.45, 7) is 5.40. The van der Waals surface area contributed by atoms with Gasteiger partial charge in [-0.1, -0.05) is 60.1 Å². The van der Waals surface area contributed by atoms with Gasteiger partial charge < -0.3 is 5.73 Å². The molecule has 3 nitrogen and oxygen atoms in total. The van der Waals surface area contributed by atoms with Crippen molar-refractivity contribution in [2.24, 2.45) is 16.6 Å². The second kappa shape index (κ2) is 7.35. The van der Waals surface area contributed by atoms with Crippen LogP contribution in [0.1, 0.15) is 59.9 Å². The van der Waals surface area contributed by atoms with E-state index in [-0.39, 0.29) is 5.84 Å². The monoisotopic (exact) mass is 459 g/mol. The third kappa shape index (κ3) is 3.37. The van der Waals surface area contributed by atoms with Crippen LogP contribution in [0.5, 0.6) is 0 Å². The molecule has 0 aromatic heterocycles. The summed E-state index contributed by atoms with van der Waals surface area (Å²) in [5.41, 5.74) is 13.3. The molecule has 0 spiro atoms. The summed E-state index contributed by atoms with van der Waals surface area (Å²) >= 11 is 3.75. The van der Waals surface area contributed by atoms with Crippen molar-refractivity contribution in [1.29, 1.82) is 5.41 Å². The third-order valence-corrected chi connectivity index (χ3v) is 7.16. The molecular formula is C26H26BrN3. The Morgan fingerprint density at radius 3 is 2.63 bits per heavy atom. The molecule has 2 atom stereocenters. The van der Waals surface area contributed by atoms with Crippen molar-refractivity contribution < 1.29 is 0 Å². The molecule has 0 bridgehead atoms. The molecule has 5 rings (SSSR count). The molecule has 2 unspecified atom stereocenters. The summed E-state index contributed by atoms with van der Waals surface area (Å²) in [5.74, 6) is 1.70. The van der Waals surface area contributed by atoms with E-state index < -0.39 is 0 Å². The number of hydrogen-bond donors (Lipinski definition) is 2. The summed E-state index contributed by atoms with van der Waals surface area (Å²) in [7, 11) is 0. The number of aliphatic imine (C=N–C) groups is 1. The van der Waals surface area contributed by atoms with Crippen LogP contribution in [0.2, 0.25) is 0 Å². The van der Waals surface area contributed by atoms with E-state index >= 15 is 0 Å². The second-order valence-corrected chi connectivity index (χ2v) is 9.74. The number of hydrogen-bond acceptors (Lipinski definition) is 2. The van der Waals surface area contributed by atoms with Gasteiger partial charge in [0.1, 0.15) is 5.84 Å². The molecule has 3 aromatic carbocycles. The van der Waals surface area contributed by atoms with Crippen LogP contribution in [0.3, 0.4) is 0 Å². The van der Waals surface area contributed by atoms with Crippen molar-refractivity contribution in [2.45, 2.75) is 38.5 Å². The zero-order chi connectivity index (χ0) is 21.0. The van der Waals surface area contributed by atoms with Gasteiger partial charge in [0.25, 0.3) is 0 Å². The highest BCUT2D eigenvalue weighted by Gasteiger charge is 2.40. The van der Waals surface area contributed by atoms with Crippen LogP contribution in [0.4, 0.5) is 0 Å². The Morgan fingerprint density at radius 2 is 1.87 bits per heavy atom. The molecule has 152 valence electrons. The number of fused-ring (bicyclic) bond motifs is 2. The Kier molecular flexibility index (Phi) is 4.78. The lowest BCUT2D eigenvalue weighted by molar-refractivity contribution is 0.837. The zero-order valence-corrected chi connectivity index (χ0v) is 19.0. The smallest absolute Gasteiger partial charge is 0.122 e. The molecule has 0 radical (unpaired) electrons. The minimum Gasteiger partial charge on any atom is -0.384 e. The molecule has 1 fully saturated rings. The molecule has 1 aliphatic carbocycles. The Bertz CT molecular complexity index is 1210. The van der Waals surface area contributed by atoms with Gasteiger partial charge in [-0.25, -0.2) is 0 Å². The van der Waals surface area contributed by atoms with Gasteiger partial charge in [-0.3, -0.25) is 10.4 Å². The lowest BCUT2D eigenvalue weighted by Crippen LogP contribution is -2.18. The Labute approximate surface area is 186 Å². The van der Waals surface area contributed by atoms with Crippen LogP contribution in [0, 0.1) is 11.3 Å². The molecule has 1 aliphatic heterocycles. The Morgan fingerprint density at radius 1 is 1.07 bits per heavy atom. The average molecular weight is 460 g/mol. The minimum atomic E-state index is 0.104. The van der Waals surface area contributed by atoms with E-state index in [9.17, 15) is 0 Å². The molecule has 3 N–H and O–H groups in total. The van der Waals surface area contributed by atoms with E-state index in [4.69, 9.17) is 16.1 Å². The molecule has 0 saturated heterocycles. The second-order valence-electron chi connectivity index (χ2n) is 8.89. The topological polar surface area (TPSA) is 62.2 Å². The van der Waals surface area contributed by atoms with Gasteiger partial charge in [0.15, 0.2) is 0 Å². The predicted octanol–water partition coefficient (Wildman–Crippen LogP) is 6.16. The summed E-state index contributed by atoms with van der Waals surface area (Å²) < 4.78 is 1.07. The lowest BCUT2D eigenvalue weighted by Gasteiger charge is -2.20. The van der Waals surface area contributed by atoms with Gasteiger partial charge >= 0.3 is 0 Å². The quantitative estimate of drug-likeness (QED) is 0.356. The first-order valence-corrected chi connectivity index (χ1v) is 11.5. The number of rotatable bonds is 4. The maximum absolute atomic E-state index is 7.68. The van der Waals surface area contributed by atoms with Crippen molar-refractivity contribution in [1.82, 2.24) is 0 Å². The van der Waals surface area contributed by atoms with E-state index in [1.165, 1.54) is 39.8 Å². The molecule has 2 aliphatic rings. The number of nitrogens with two attached hydrogens (primary N) is 1. The van der Waals surface area contributed by atoms with Crippen LogP contribution < -0.4 is 5.73 Å². The predicted molar refractivity (Wildman–Crippen MR) is 129 cm³/mol.